The molecule has 1 aliphatic heterocycles. The molecule has 2 unspecified atom stereocenters. The summed E-state index contributed by atoms with van der Waals surface area (Å²) in [5.74, 6) is 0.466. The number of likely N-dealkylation sites (tertiary alicyclic amines) is 1. The molecular formula is C16H22N2O. The average Bonchev–Trinajstić information content (AvgIpc) is 2.86. The van der Waals surface area contributed by atoms with E-state index in [0.29, 0.717) is 11.9 Å². The third-order valence-electron chi connectivity index (χ3n) is 4.55. The van der Waals surface area contributed by atoms with Crippen molar-refractivity contribution in [1.82, 2.24) is 4.90 Å². The molecule has 1 aromatic rings. The normalized spacial score (nSPS) is 25.0. The van der Waals surface area contributed by atoms with Crippen LogP contribution in [0.3, 0.4) is 0 Å². The Kier molecular flexibility index (Phi) is 3.56. The molecule has 3 nitrogen and oxygen atoms in total. The van der Waals surface area contributed by atoms with Gasteiger partial charge in [0, 0.05) is 12.6 Å². The van der Waals surface area contributed by atoms with Crippen LogP contribution in [0.1, 0.15) is 42.7 Å². The first-order chi connectivity index (χ1) is 9.31. The molecule has 1 saturated heterocycles. The fourth-order valence-electron chi connectivity index (χ4n) is 3.46. The van der Waals surface area contributed by atoms with Gasteiger partial charge < -0.3 is 10.6 Å². The van der Waals surface area contributed by atoms with Crippen molar-refractivity contribution in [2.75, 3.05) is 13.1 Å². The Morgan fingerprint density at radius 2 is 2.21 bits per heavy atom. The summed E-state index contributed by atoms with van der Waals surface area (Å²) in [5.41, 5.74) is 8.18. The van der Waals surface area contributed by atoms with E-state index in [2.05, 4.69) is 23.1 Å². The van der Waals surface area contributed by atoms with Gasteiger partial charge in [-0.2, -0.15) is 0 Å². The van der Waals surface area contributed by atoms with E-state index in [0.717, 1.165) is 45.2 Å². The zero-order valence-electron chi connectivity index (χ0n) is 11.3. The topological polar surface area (TPSA) is 46.3 Å². The third-order valence-corrected chi connectivity index (χ3v) is 4.55. The van der Waals surface area contributed by atoms with Crippen molar-refractivity contribution in [3.05, 3.63) is 35.4 Å². The van der Waals surface area contributed by atoms with E-state index in [1.54, 1.807) is 0 Å². The minimum absolute atomic E-state index is 0.120. The molecule has 0 bridgehead atoms. The molecule has 2 aliphatic rings. The van der Waals surface area contributed by atoms with Crippen LogP contribution >= 0.6 is 0 Å². The van der Waals surface area contributed by atoms with E-state index < -0.39 is 0 Å². The largest absolute Gasteiger partial charge is 0.339 e. The standard InChI is InChI=1S/C16H22N2O/c17-9-3-6-13-7-4-10-18(13)16(19)15-11-12-5-1-2-8-14(12)15/h1-2,5,8,13,15H,3-4,6-7,9-11,17H2. The predicted octanol–water partition coefficient (Wildman–Crippen LogP) is 2.06. The Morgan fingerprint density at radius 3 is 3.00 bits per heavy atom. The SMILES string of the molecule is NCCCC1CCCN1C(=O)C1Cc2ccccc21. The number of rotatable bonds is 4. The number of fused-ring (bicyclic) bond motifs is 1. The highest BCUT2D eigenvalue weighted by molar-refractivity contribution is 5.87. The molecule has 102 valence electrons. The van der Waals surface area contributed by atoms with Crippen molar-refractivity contribution < 1.29 is 4.79 Å². The summed E-state index contributed by atoms with van der Waals surface area (Å²) in [6.07, 6.45) is 5.32. The highest BCUT2D eigenvalue weighted by atomic mass is 16.2. The van der Waals surface area contributed by atoms with Crippen molar-refractivity contribution in [2.24, 2.45) is 5.73 Å². The van der Waals surface area contributed by atoms with Gasteiger partial charge in [0.2, 0.25) is 5.91 Å². The first kappa shape index (κ1) is 12.7. The molecule has 1 aliphatic carbocycles. The molecule has 0 aromatic heterocycles. The van der Waals surface area contributed by atoms with E-state index in [1.807, 2.05) is 6.07 Å². The van der Waals surface area contributed by atoms with Gasteiger partial charge in [-0.25, -0.2) is 0 Å². The molecule has 0 radical (unpaired) electrons. The summed E-state index contributed by atoms with van der Waals surface area (Å²) in [6, 6.07) is 8.76. The fourth-order valence-corrected chi connectivity index (χ4v) is 3.46. The molecular weight excluding hydrogens is 236 g/mol. The highest BCUT2D eigenvalue weighted by Gasteiger charge is 2.38. The number of nitrogens with zero attached hydrogens (tertiary/aromatic N) is 1. The van der Waals surface area contributed by atoms with E-state index >= 15 is 0 Å². The Hall–Kier alpha value is -1.35. The molecule has 0 spiro atoms. The average molecular weight is 258 g/mol. The lowest BCUT2D eigenvalue weighted by Crippen LogP contribution is -2.42. The maximum atomic E-state index is 12.7. The first-order valence-corrected chi connectivity index (χ1v) is 7.39. The third kappa shape index (κ3) is 2.27. The van der Waals surface area contributed by atoms with Crippen LogP contribution in [0.2, 0.25) is 0 Å². The second-order valence-electron chi connectivity index (χ2n) is 5.71. The monoisotopic (exact) mass is 258 g/mol. The minimum atomic E-state index is 0.120. The lowest BCUT2D eigenvalue weighted by molar-refractivity contribution is -0.134. The lowest BCUT2D eigenvalue weighted by atomic mass is 9.76. The Balaban J connectivity index is 1.68. The second-order valence-corrected chi connectivity index (χ2v) is 5.71. The van der Waals surface area contributed by atoms with Crippen LogP contribution in [0, 0.1) is 0 Å². The van der Waals surface area contributed by atoms with Gasteiger partial charge in [-0.1, -0.05) is 24.3 Å². The van der Waals surface area contributed by atoms with E-state index in [4.69, 9.17) is 5.73 Å². The highest BCUT2D eigenvalue weighted by Crippen LogP contribution is 2.38. The molecule has 2 atom stereocenters. The number of carbonyl (C=O) groups is 1. The van der Waals surface area contributed by atoms with E-state index in [-0.39, 0.29) is 5.92 Å². The fraction of sp³-hybridized carbons (Fsp3) is 0.562. The summed E-state index contributed by atoms with van der Waals surface area (Å²) in [7, 11) is 0. The lowest BCUT2D eigenvalue weighted by Gasteiger charge is -2.35. The van der Waals surface area contributed by atoms with Crippen LogP contribution in [0.25, 0.3) is 0 Å². The molecule has 3 heteroatoms. The van der Waals surface area contributed by atoms with Crippen LogP contribution in [-0.2, 0) is 11.2 Å². The van der Waals surface area contributed by atoms with Crippen LogP contribution in [0.4, 0.5) is 0 Å². The quantitative estimate of drug-likeness (QED) is 0.898. The summed E-state index contributed by atoms with van der Waals surface area (Å²) in [6.45, 7) is 1.66. The van der Waals surface area contributed by atoms with E-state index in [9.17, 15) is 4.79 Å². The second kappa shape index (κ2) is 5.33. The minimum Gasteiger partial charge on any atom is -0.339 e. The van der Waals surface area contributed by atoms with Crippen molar-refractivity contribution in [2.45, 2.75) is 44.1 Å². The van der Waals surface area contributed by atoms with Crippen LogP contribution in [0.15, 0.2) is 24.3 Å². The summed E-state index contributed by atoms with van der Waals surface area (Å²) >= 11 is 0. The predicted molar refractivity (Wildman–Crippen MR) is 75.9 cm³/mol. The molecule has 19 heavy (non-hydrogen) atoms. The zero-order chi connectivity index (χ0) is 13.2. The van der Waals surface area contributed by atoms with Gasteiger partial charge >= 0.3 is 0 Å². The maximum absolute atomic E-state index is 12.7. The van der Waals surface area contributed by atoms with Gasteiger partial charge in [-0.05, 0) is 49.8 Å². The van der Waals surface area contributed by atoms with Gasteiger partial charge in [0.05, 0.1) is 5.92 Å². The Bertz CT molecular complexity index is 472. The molecule has 2 N–H and O–H groups in total. The number of hydrogen-bond donors (Lipinski definition) is 1. The molecule has 1 heterocycles. The van der Waals surface area contributed by atoms with Crippen molar-refractivity contribution in [1.29, 1.82) is 0 Å². The van der Waals surface area contributed by atoms with Gasteiger partial charge in [0.15, 0.2) is 0 Å². The van der Waals surface area contributed by atoms with Crippen LogP contribution in [-0.4, -0.2) is 29.9 Å². The number of hydrogen-bond acceptors (Lipinski definition) is 2. The van der Waals surface area contributed by atoms with E-state index in [1.165, 1.54) is 11.1 Å². The van der Waals surface area contributed by atoms with Gasteiger partial charge in [0.25, 0.3) is 0 Å². The first-order valence-electron chi connectivity index (χ1n) is 7.39. The summed E-state index contributed by atoms with van der Waals surface area (Å²) < 4.78 is 0. The van der Waals surface area contributed by atoms with Crippen molar-refractivity contribution in [3.63, 3.8) is 0 Å². The molecule has 0 saturated carbocycles. The number of benzene rings is 1. The van der Waals surface area contributed by atoms with Crippen molar-refractivity contribution in [3.8, 4) is 0 Å². The Morgan fingerprint density at radius 1 is 1.37 bits per heavy atom. The molecule has 1 amide bonds. The van der Waals surface area contributed by atoms with Gasteiger partial charge in [-0.3, -0.25) is 4.79 Å². The van der Waals surface area contributed by atoms with Crippen LogP contribution in [0.5, 0.6) is 0 Å². The smallest absolute Gasteiger partial charge is 0.230 e. The number of nitrogens with two attached hydrogens (primary N) is 1. The zero-order valence-corrected chi connectivity index (χ0v) is 11.3. The molecule has 1 fully saturated rings. The van der Waals surface area contributed by atoms with Crippen molar-refractivity contribution >= 4 is 5.91 Å². The van der Waals surface area contributed by atoms with Crippen LogP contribution < -0.4 is 5.73 Å². The van der Waals surface area contributed by atoms with Gasteiger partial charge in [0.1, 0.15) is 0 Å². The van der Waals surface area contributed by atoms with Gasteiger partial charge in [-0.15, -0.1) is 0 Å². The summed E-state index contributed by atoms with van der Waals surface area (Å²) in [4.78, 5) is 14.8. The maximum Gasteiger partial charge on any atom is 0.230 e. The Labute approximate surface area is 114 Å². The molecule has 3 rings (SSSR count). The molecule has 1 aromatic carbocycles. The number of amides is 1. The summed E-state index contributed by atoms with van der Waals surface area (Å²) in [5, 5.41) is 0. The number of carbonyl (C=O) groups excluding carboxylic acids is 1.